The van der Waals surface area contributed by atoms with Crippen LogP contribution in [0.15, 0.2) is 30.3 Å². The number of benzene rings is 1. The van der Waals surface area contributed by atoms with Gasteiger partial charge in [0.15, 0.2) is 0 Å². The van der Waals surface area contributed by atoms with Crippen molar-refractivity contribution in [1.82, 2.24) is 0 Å². The van der Waals surface area contributed by atoms with Crippen LogP contribution in [-0.4, -0.2) is 0 Å². The number of hydrogen-bond acceptors (Lipinski definition) is 0. The summed E-state index contributed by atoms with van der Waals surface area (Å²) in [5.41, 5.74) is 3.15. The fourth-order valence-electron chi connectivity index (χ4n) is 2.85. The first kappa shape index (κ1) is 14.3. The second-order valence-electron chi connectivity index (χ2n) is 5.33. The molecule has 97 valence electrons. The van der Waals surface area contributed by atoms with Crippen LogP contribution in [0.1, 0.15) is 54.3 Å². The number of fused-ring (bicyclic) bond motifs is 1. The van der Waals surface area contributed by atoms with Crippen LogP contribution in [0.5, 0.6) is 0 Å². The van der Waals surface area contributed by atoms with Crippen molar-refractivity contribution in [1.29, 1.82) is 0 Å². The van der Waals surface area contributed by atoms with Crippen LogP contribution in [0.3, 0.4) is 0 Å². The first-order chi connectivity index (χ1) is 8.86. The number of hydrogen-bond donors (Lipinski definition) is 0. The Morgan fingerprint density at radius 1 is 1.00 bits per heavy atom. The quantitative estimate of drug-likeness (QED) is 0.594. The summed E-state index contributed by atoms with van der Waals surface area (Å²) in [6.45, 7) is 4.66. The van der Waals surface area contributed by atoms with Gasteiger partial charge in [-0.05, 0) is 0 Å². The van der Waals surface area contributed by atoms with Crippen LogP contribution in [0.25, 0.3) is 6.08 Å². The topological polar surface area (TPSA) is 0 Å². The molecule has 0 saturated heterocycles. The summed E-state index contributed by atoms with van der Waals surface area (Å²) >= 11 is -1.27. The van der Waals surface area contributed by atoms with E-state index in [1.54, 1.807) is 13.8 Å². The van der Waals surface area contributed by atoms with E-state index in [1.807, 2.05) is 0 Å². The second-order valence-corrected chi connectivity index (χ2v) is 12.6. The van der Waals surface area contributed by atoms with E-state index in [0.717, 1.165) is 3.63 Å². The first-order valence-corrected chi connectivity index (χ1v) is 12.4. The molecule has 1 aromatic rings. The Morgan fingerprint density at radius 3 is 2.33 bits per heavy atom. The molecule has 18 heavy (non-hydrogen) atoms. The van der Waals surface area contributed by atoms with Gasteiger partial charge in [0.2, 0.25) is 0 Å². The molecule has 0 amide bonds. The molecule has 0 N–H and O–H groups in total. The van der Waals surface area contributed by atoms with Crippen molar-refractivity contribution < 1.29 is 21.8 Å². The molecule has 0 aliphatic heterocycles. The molecule has 0 spiro atoms. The number of unbranched alkanes of at least 4 members (excludes halogenated alkanes) is 2. The Bertz CT molecular complexity index is 386. The van der Waals surface area contributed by atoms with Gasteiger partial charge < -0.3 is 0 Å². The molecule has 0 nitrogen and oxygen atoms in total. The van der Waals surface area contributed by atoms with E-state index in [2.05, 4.69) is 50.3 Å². The third kappa shape index (κ3) is 3.44. The summed E-state index contributed by atoms with van der Waals surface area (Å²) < 4.78 is 4.05. The standard InChI is InChI=1S/C9H7.2C4H9.Zr/c1-2-5-9-7-3-6-8(9)4-1;2*1-3-4-2;/h1-7H;2*1,3-4H2,2H3;. The van der Waals surface area contributed by atoms with Crippen LogP contribution in [0.4, 0.5) is 0 Å². The van der Waals surface area contributed by atoms with Gasteiger partial charge in [-0.2, -0.15) is 0 Å². The normalized spacial score (nSPS) is 16.9. The summed E-state index contributed by atoms with van der Waals surface area (Å²) in [5, 5.41) is 0. The molecule has 0 aromatic heterocycles. The van der Waals surface area contributed by atoms with Crippen molar-refractivity contribution in [3.63, 3.8) is 0 Å². The van der Waals surface area contributed by atoms with Crippen molar-refractivity contribution in [2.24, 2.45) is 0 Å². The van der Waals surface area contributed by atoms with Crippen LogP contribution in [-0.2, 0) is 21.8 Å². The van der Waals surface area contributed by atoms with E-state index in [0.29, 0.717) is 0 Å². The van der Waals surface area contributed by atoms with Gasteiger partial charge in [0, 0.05) is 0 Å². The maximum atomic E-state index is 2.53. The van der Waals surface area contributed by atoms with Crippen LogP contribution < -0.4 is 0 Å². The molecular formula is C17H25Zr. The third-order valence-electron chi connectivity index (χ3n) is 3.94. The molecule has 1 atom stereocenters. The predicted octanol–water partition coefficient (Wildman–Crippen LogP) is 5.81. The van der Waals surface area contributed by atoms with E-state index >= 15 is 0 Å². The second kappa shape index (κ2) is 7.44. The molecule has 0 fully saturated rings. The van der Waals surface area contributed by atoms with E-state index < -0.39 is 21.8 Å². The Kier molecular flexibility index (Phi) is 5.89. The zero-order chi connectivity index (χ0) is 12.8. The van der Waals surface area contributed by atoms with Crippen LogP contribution in [0.2, 0.25) is 8.26 Å². The van der Waals surface area contributed by atoms with Crippen molar-refractivity contribution in [2.75, 3.05) is 0 Å². The Labute approximate surface area is 120 Å². The van der Waals surface area contributed by atoms with Gasteiger partial charge in [0.1, 0.15) is 0 Å². The fourth-order valence-corrected chi connectivity index (χ4v) is 11.6. The summed E-state index contributed by atoms with van der Waals surface area (Å²) in [7, 11) is 0. The Morgan fingerprint density at radius 2 is 1.67 bits per heavy atom. The van der Waals surface area contributed by atoms with Gasteiger partial charge in [-0.1, -0.05) is 0 Å². The van der Waals surface area contributed by atoms with Gasteiger partial charge in [-0.3, -0.25) is 0 Å². The number of rotatable bonds is 7. The Balaban J connectivity index is 2.09. The molecule has 1 aromatic carbocycles. The van der Waals surface area contributed by atoms with E-state index in [-0.39, 0.29) is 0 Å². The third-order valence-corrected chi connectivity index (χ3v) is 12.2. The van der Waals surface area contributed by atoms with E-state index in [4.69, 9.17) is 0 Å². The van der Waals surface area contributed by atoms with Gasteiger partial charge in [-0.15, -0.1) is 0 Å². The van der Waals surface area contributed by atoms with Crippen LogP contribution in [0, 0.1) is 0 Å². The molecule has 2 rings (SSSR count). The van der Waals surface area contributed by atoms with Crippen LogP contribution >= 0.6 is 0 Å². The van der Waals surface area contributed by atoms with Gasteiger partial charge in [-0.25, -0.2) is 0 Å². The SMILES string of the molecule is CCC[CH2][Zr]([CH2]CCC)[CH]1C=Cc2ccccc21. The molecule has 1 aliphatic rings. The summed E-state index contributed by atoms with van der Waals surface area (Å²) in [5.74, 6) is 0. The van der Waals surface area contributed by atoms with E-state index in [1.165, 1.54) is 31.2 Å². The predicted molar refractivity (Wildman–Crippen MR) is 77.6 cm³/mol. The molecule has 0 heterocycles. The molecule has 1 heteroatoms. The number of allylic oxidation sites excluding steroid dienone is 1. The minimum atomic E-state index is -1.27. The van der Waals surface area contributed by atoms with E-state index in [9.17, 15) is 0 Å². The zero-order valence-electron chi connectivity index (χ0n) is 11.8. The molecule has 0 radical (unpaired) electrons. The summed E-state index contributed by atoms with van der Waals surface area (Å²) in [6, 6.07) is 9.05. The average Bonchev–Trinajstić information content (AvgIpc) is 2.83. The molecule has 0 bridgehead atoms. The fraction of sp³-hybridized carbons (Fsp3) is 0.529. The van der Waals surface area contributed by atoms with Gasteiger partial charge in [0.25, 0.3) is 0 Å². The first-order valence-electron chi connectivity index (χ1n) is 7.48. The summed E-state index contributed by atoms with van der Waals surface area (Å²) in [6.07, 6.45) is 10.6. The monoisotopic (exact) mass is 319 g/mol. The van der Waals surface area contributed by atoms with Gasteiger partial charge >= 0.3 is 121 Å². The molecule has 1 aliphatic carbocycles. The minimum absolute atomic E-state index is 0.877. The zero-order valence-corrected chi connectivity index (χ0v) is 14.2. The van der Waals surface area contributed by atoms with Crippen molar-refractivity contribution in [2.45, 2.75) is 51.4 Å². The maximum absolute atomic E-state index is 2.53. The van der Waals surface area contributed by atoms with Crippen molar-refractivity contribution >= 4 is 6.08 Å². The molecule has 0 saturated carbocycles. The summed E-state index contributed by atoms with van der Waals surface area (Å²) in [4.78, 5) is 0. The van der Waals surface area contributed by atoms with Gasteiger partial charge in [0.05, 0.1) is 0 Å². The van der Waals surface area contributed by atoms with Crippen molar-refractivity contribution in [3.05, 3.63) is 41.5 Å². The Hall–Kier alpha value is -0.157. The average molecular weight is 321 g/mol. The van der Waals surface area contributed by atoms with Crippen molar-refractivity contribution in [3.8, 4) is 0 Å². The molecular weight excluding hydrogens is 295 g/mol. The molecule has 1 unspecified atom stereocenters.